The number of nitrogens with two attached hydrogens (primary N) is 1. The van der Waals surface area contributed by atoms with Crippen molar-refractivity contribution < 1.29 is 9.85 Å². The number of nitro benzene ring substituents is 2. The SMILES string of the molecule is Cc1c(N)ccc(Cl)c1[N+](=O)[O-].O=[N+]([O-])c1c(Cl)ccc2[nH]ncc12. The molecule has 9 nitrogen and oxygen atoms in total. The lowest BCUT2D eigenvalue weighted by atomic mass is 10.1. The zero-order valence-corrected chi connectivity index (χ0v) is 14.2. The molecule has 11 heteroatoms. The third-order valence-corrected chi connectivity index (χ3v) is 3.95. The number of nitrogen functional groups attached to an aromatic ring is 1. The van der Waals surface area contributed by atoms with Crippen molar-refractivity contribution >= 4 is 51.2 Å². The van der Waals surface area contributed by atoms with Gasteiger partial charge in [0.2, 0.25) is 0 Å². The second-order valence-corrected chi connectivity index (χ2v) is 5.67. The van der Waals surface area contributed by atoms with Gasteiger partial charge in [0.05, 0.1) is 32.5 Å². The quantitative estimate of drug-likeness (QED) is 0.384. The molecule has 0 spiro atoms. The highest BCUT2D eigenvalue weighted by Gasteiger charge is 2.18. The van der Waals surface area contributed by atoms with Gasteiger partial charge in [-0.1, -0.05) is 23.2 Å². The molecule has 0 unspecified atom stereocenters. The summed E-state index contributed by atoms with van der Waals surface area (Å²) >= 11 is 11.3. The van der Waals surface area contributed by atoms with E-state index in [0.717, 1.165) is 0 Å². The Hall–Kier alpha value is -2.91. The van der Waals surface area contributed by atoms with Crippen LogP contribution in [0.5, 0.6) is 0 Å². The summed E-state index contributed by atoms with van der Waals surface area (Å²) in [4.78, 5) is 20.0. The van der Waals surface area contributed by atoms with Gasteiger partial charge in [-0.25, -0.2) is 0 Å². The maximum atomic E-state index is 10.6. The molecular formula is C14H11Cl2N5O4. The van der Waals surface area contributed by atoms with Gasteiger partial charge in [0.25, 0.3) is 11.4 Å². The Bertz CT molecular complexity index is 973. The molecule has 3 rings (SSSR count). The predicted molar refractivity (Wildman–Crippen MR) is 95.0 cm³/mol. The number of rotatable bonds is 2. The summed E-state index contributed by atoms with van der Waals surface area (Å²) in [5.74, 6) is 0. The van der Waals surface area contributed by atoms with E-state index in [1.165, 1.54) is 18.3 Å². The second-order valence-electron chi connectivity index (χ2n) is 4.85. The fourth-order valence-corrected chi connectivity index (χ4v) is 2.58. The molecule has 0 atom stereocenters. The van der Waals surface area contributed by atoms with Gasteiger partial charge >= 0.3 is 0 Å². The molecule has 3 aromatic rings. The van der Waals surface area contributed by atoms with Crippen molar-refractivity contribution in [2.75, 3.05) is 5.73 Å². The van der Waals surface area contributed by atoms with E-state index in [-0.39, 0.29) is 21.4 Å². The number of benzene rings is 2. The number of hydrogen-bond donors (Lipinski definition) is 2. The molecule has 1 heterocycles. The number of aromatic amines is 1. The number of nitrogens with one attached hydrogen (secondary N) is 1. The number of nitro groups is 2. The largest absolute Gasteiger partial charge is 0.398 e. The summed E-state index contributed by atoms with van der Waals surface area (Å²) < 4.78 is 0. The van der Waals surface area contributed by atoms with Crippen LogP contribution in [0, 0.1) is 27.2 Å². The minimum Gasteiger partial charge on any atom is -0.398 e. The topological polar surface area (TPSA) is 141 Å². The van der Waals surface area contributed by atoms with Crippen molar-refractivity contribution in [1.82, 2.24) is 10.2 Å². The smallest absolute Gasteiger partial charge is 0.298 e. The molecule has 0 saturated heterocycles. The lowest BCUT2D eigenvalue weighted by molar-refractivity contribution is -0.385. The minimum atomic E-state index is -0.534. The van der Waals surface area contributed by atoms with Crippen LogP contribution in [0.4, 0.5) is 17.1 Å². The van der Waals surface area contributed by atoms with Gasteiger partial charge in [-0.3, -0.25) is 25.3 Å². The van der Waals surface area contributed by atoms with E-state index in [1.54, 1.807) is 19.1 Å². The molecule has 0 aliphatic rings. The predicted octanol–water partition coefficient (Wildman–Crippen LogP) is 4.26. The molecule has 0 bridgehead atoms. The monoisotopic (exact) mass is 383 g/mol. The molecule has 1 aromatic heterocycles. The molecule has 25 heavy (non-hydrogen) atoms. The van der Waals surface area contributed by atoms with Gasteiger partial charge in [0.1, 0.15) is 10.0 Å². The van der Waals surface area contributed by atoms with Crippen molar-refractivity contribution in [1.29, 1.82) is 0 Å². The van der Waals surface area contributed by atoms with Crippen molar-refractivity contribution in [2.45, 2.75) is 6.92 Å². The third-order valence-electron chi connectivity index (χ3n) is 3.34. The summed E-state index contributed by atoms with van der Waals surface area (Å²) in [6, 6.07) is 6.09. The van der Waals surface area contributed by atoms with Crippen LogP contribution < -0.4 is 5.73 Å². The Kier molecular flexibility index (Phi) is 5.40. The first kappa shape index (κ1) is 18.4. The van der Waals surface area contributed by atoms with Crippen LogP contribution >= 0.6 is 23.2 Å². The zero-order chi connectivity index (χ0) is 18.7. The number of H-pyrrole nitrogens is 1. The molecule has 0 aliphatic carbocycles. The highest BCUT2D eigenvalue weighted by atomic mass is 35.5. The lowest BCUT2D eigenvalue weighted by Crippen LogP contribution is -1.97. The summed E-state index contributed by atoms with van der Waals surface area (Å²) in [5, 5.41) is 28.1. The van der Waals surface area contributed by atoms with E-state index in [0.29, 0.717) is 22.2 Å². The van der Waals surface area contributed by atoms with Gasteiger partial charge < -0.3 is 5.73 Å². The second kappa shape index (κ2) is 7.32. The number of nitrogens with zero attached hydrogens (tertiary/aromatic N) is 3. The summed E-state index contributed by atoms with van der Waals surface area (Å²) in [7, 11) is 0. The van der Waals surface area contributed by atoms with Crippen LogP contribution in [0.25, 0.3) is 10.9 Å². The standard InChI is InChI=1S/C7H4ClN3O2.C7H7ClN2O2/c8-5-1-2-6-4(3-9-10-6)7(5)11(12)13;1-4-6(9)3-2-5(8)7(4)10(11)12/h1-3H,(H,9,10);2-3H,9H2,1H3. The molecule has 2 aromatic carbocycles. The first-order valence-corrected chi connectivity index (χ1v) is 7.44. The Morgan fingerprint density at radius 3 is 2.16 bits per heavy atom. The normalized spacial score (nSPS) is 10.2. The molecule has 0 amide bonds. The fourth-order valence-electron chi connectivity index (χ4n) is 2.07. The van der Waals surface area contributed by atoms with Crippen LogP contribution in [0.2, 0.25) is 10.0 Å². The summed E-state index contributed by atoms with van der Waals surface area (Å²) in [6.45, 7) is 1.57. The van der Waals surface area contributed by atoms with Crippen molar-refractivity contribution in [3.05, 3.63) is 66.3 Å². The van der Waals surface area contributed by atoms with Gasteiger partial charge in [0, 0.05) is 5.69 Å². The maximum absolute atomic E-state index is 10.6. The van der Waals surface area contributed by atoms with Crippen LogP contribution in [0.3, 0.4) is 0 Å². The Labute approximate surface area is 150 Å². The zero-order valence-electron chi connectivity index (χ0n) is 12.7. The average Bonchev–Trinajstić information content (AvgIpc) is 2.99. The van der Waals surface area contributed by atoms with E-state index in [2.05, 4.69) is 10.2 Å². The Morgan fingerprint density at radius 2 is 1.60 bits per heavy atom. The molecular weight excluding hydrogens is 373 g/mol. The lowest BCUT2D eigenvalue weighted by Gasteiger charge is -2.01. The average molecular weight is 384 g/mol. The van der Waals surface area contributed by atoms with Gasteiger partial charge in [-0.15, -0.1) is 0 Å². The van der Waals surface area contributed by atoms with Crippen molar-refractivity contribution in [3.63, 3.8) is 0 Å². The van der Waals surface area contributed by atoms with E-state index in [9.17, 15) is 20.2 Å². The van der Waals surface area contributed by atoms with Crippen LogP contribution in [-0.4, -0.2) is 20.0 Å². The van der Waals surface area contributed by atoms with Crippen LogP contribution in [-0.2, 0) is 0 Å². The number of fused-ring (bicyclic) bond motifs is 1. The van der Waals surface area contributed by atoms with Gasteiger partial charge in [-0.05, 0) is 31.2 Å². The minimum absolute atomic E-state index is 0.104. The van der Waals surface area contributed by atoms with Crippen LogP contribution in [0.15, 0.2) is 30.5 Å². The number of hydrogen-bond acceptors (Lipinski definition) is 6. The van der Waals surface area contributed by atoms with E-state index < -0.39 is 9.85 Å². The Morgan fingerprint density at radius 1 is 1.04 bits per heavy atom. The fraction of sp³-hybridized carbons (Fsp3) is 0.0714. The van der Waals surface area contributed by atoms with E-state index in [4.69, 9.17) is 28.9 Å². The number of anilines is 1. The van der Waals surface area contributed by atoms with Crippen molar-refractivity contribution in [3.8, 4) is 0 Å². The van der Waals surface area contributed by atoms with Crippen LogP contribution in [0.1, 0.15) is 5.56 Å². The third kappa shape index (κ3) is 3.78. The molecule has 0 aliphatic heterocycles. The first-order valence-electron chi connectivity index (χ1n) is 6.69. The van der Waals surface area contributed by atoms with Crippen molar-refractivity contribution in [2.24, 2.45) is 0 Å². The molecule has 3 N–H and O–H groups in total. The van der Waals surface area contributed by atoms with Gasteiger partial charge in [0.15, 0.2) is 0 Å². The molecule has 0 radical (unpaired) electrons. The first-order chi connectivity index (χ1) is 11.7. The summed E-state index contributed by atoms with van der Waals surface area (Å²) in [5.41, 5.74) is 6.64. The highest BCUT2D eigenvalue weighted by Crippen LogP contribution is 2.32. The molecule has 0 fully saturated rings. The number of aromatic nitrogens is 2. The Balaban J connectivity index is 0.000000181. The highest BCUT2D eigenvalue weighted by molar-refractivity contribution is 6.34. The maximum Gasteiger partial charge on any atom is 0.298 e. The molecule has 130 valence electrons. The van der Waals surface area contributed by atoms with E-state index in [1.807, 2.05) is 0 Å². The summed E-state index contributed by atoms with van der Waals surface area (Å²) in [6.07, 6.45) is 1.39. The van der Waals surface area contributed by atoms with Gasteiger partial charge in [-0.2, -0.15) is 5.10 Å². The van der Waals surface area contributed by atoms with E-state index >= 15 is 0 Å². The molecule has 0 saturated carbocycles. The number of halogens is 2.